The third-order valence-electron chi connectivity index (χ3n) is 2.03. The molecular formula is C12H9BrN2O2. The second-order valence-electron chi connectivity index (χ2n) is 3.26. The van der Waals surface area contributed by atoms with Crippen LogP contribution in [0.25, 0.3) is 0 Å². The molecule has 5 heteroatoms. The molecule has 4 nitrogen and oxygen atoms in total. The summed E-state index contributed by atoms with van der Waals surface area (Å²) >= 11 is 3.30. The van der Waals surface area contributed by atoms with Crippen molar-refractivity contribution >= 4 is 28.1 Å². The van der Waals surface area contributed by atoms with Gasteiger partial charge in [0.05, 0.1) is 18.7 Å². The molecule has 1 aromatic heterocycles. The average molecular weight is 293 g/mol. The van der Waals surface area contributed by atoms with E-state index in [0.717, 1.165) is 10.0 Å². The standard InChI is InChI=1S/C12H9BrN2O2/c13-11-3-1-10(2-4-11)12(16)15-14-7-9-5-6-17-8-9/h1-8H,(H,15,16)/b14-7-. The maximum atomic E-state index is 11.6. The molecule has 2 aromatic rings. The molecule has 86 valence electrons. The maximum absolute atomic E-state index is 11.6. The Morgan fingerprint density at radius 2 is 2.06 bits per heavy atom. The SMILES string of the molecule is O=C(N/N=C\c1ccoc1)c1ccc(Br)cc1. The van der Waals surface area contributed by atoms with Crippen molar-refractivity contribution in [3.8, 4) is 0 Å². The number of carbonyl (C=O) groups is 1. The first-order chi connectivity index (χ1) is 8.25. The molecule has 0 spiro atoms. The zero-order chi connectivity index (χ0) is 12.1. The van der Waals surface area contributed by atoms with Gasteiger partial charge in [0.1, 0.15) is 0 Å². The third-order valence-corrected chi connectivity index (χ3v) is 2.56. The van der Waals surface area contributed by atoms with Gasteiger partial charge >= 0.3 is 0 Å². The van der Waals surface area contributed by atoms with Crippen LogP contribution < -0.4 is 5.43 Å². The fourth-order valence-electron chi connectivity index (χ4n) is 1.18. The topological polar surface area (TPSA) is 54.6 Å². The fourth-order valence-corrected chi connectivity index (χ4v) is 1.44. The number of furan rings is 1. The Kier molecular flexibility index (Phi) is 3.72. The number of amides is 1. The van der Waals surface area contributed by atoms with Crippen LogP contribution >= 0.6 is 15.9 Å². The molecule has 0 saturated carbocycles. The van der Waals surface area contributed by atoms with E-state index in [1.165, 1.54) is 18.7 Å². The molecule has 0 fully saturated rings. The quantitative estimate of drug-likeness (QED) is 0.699. The first-order valence-corrected chi connectivity index (χ1v) is 5.66. The van der Waals surface area contributed by atoms with E-state index in [2.05, 4.69) is 26.5 Å². The number of benzene rings is 1. The van der Waals surface area contributed by atoms with E-state index in [1.807, 2.05) is 0 Å². The van der Waals surface area contributed by atoms with Gasteiger partial charge in [0.15, 0.2) is 0 Å². The zero-order valence-corrected chi connectivity index (χ0v) is 10.3. The highest BCUT2D eigenvalue weighted by atomic mass is 79.9. The van der Waals surface area contributed by atoms with E-state index in [9.17, 15) is 4.79 Å². The van der Waals surface area contributed by atoms with Crippen molar-refractivity contribution in [3.63, 3.8) is 0 Å². The minimum atomic E-state index is -0.253. The molecular weight excluding hydrogens is 284 g/mol. The number of hydrogen-bond donors (Lipinski definition) is 1. The summed E-state index contributed by atoms with van der Waals surface area (Å²) in [5.41, 5.74) is 3.78. The number of halogens is 1. The van der Waals surface area contributed by atoms with Crippen molar-refractivity contribution in [1.29, 1.82) is 0 Å². The Morgan fingerprint density at radius 1 is 1.29 bits per heavy atom. The van der Waals surface area contributed by atoms with Crippen molar-refractivity contribution in [1.82, 2.24) is 5.43 Å². The molecule has 17 heavy (non-hydrogen) atoms. The molecule has 0 atom stereocenters. The lowest BCUT2D eigenvalue weighted by Gasteiger charge is -1.99. The van der Waals surface area contributed by atoms with E-state index < -0.39 is 0 Å². The predicted molar refractivity (Wildman–Crippen MR) is 67.9 cm³/mol. The van der Waals surface area contributed by atoms with Gasteiger partial charge in [0.25, 0.3) is 5.91 Å². The van der Waals surface area contributed by atoms with Crippen LogP contribution in [0, 0.1) is 0 Å². The van der Waals surface area contributed by atoms with Crippen LogP contribution in [0.3, 0.4) is 0 Å². The summed E-state index contributed by atoms with van der Waals surface area (Å²) in [5, 5.41) is 3.82. The summed E-state index contributed by atoms with van der Waals surface area (Å²) in [6.45, 7) is 0. The summed E-state index contributed by atoms with van der Waals surface area (Å²) < 4.78 is 5.79. The van der Waals surface area contributed by atoms with Crippen molar-refractivity contribution in [2.45, 2.75) is 0 Å². The van der Waals surface area contributed by atoms with E-state index >= 15 is 0 Å². The molecule has 0 unspecified atom stereocenters. The van der Waals surface area contributed by atoms with Crippen LogP contribution in [0.15, 0.2) is 56.8 Å². The predicted octanol–water partition coefficient (Wildman–Crippen LogP) is 2.81. The van der Waals surface area contributed by atoms with E-state index in [-0.39, 0.29) is 5.91 Å². The van der Waals surface area contributed by atoms with Gasteiger partial charge in [0, 0.05) is 15.6 Å². The van der Waals surface area contributed by atoms with E-state index in [4.69, 9.17) is 4.42 Å². The normalized spacial score (nSPS) is 10.6. The second-order valence-corrected chi connectivity index (χ2v) is 4.18. The van der Waals surface area contributed by atoms with Crippen LogP contribution in [0.2, 0.25) is 0 Å². The first-order valence-electron chi connectivity index (χ1n) is 4.87. The summed E-state index contributed by atoms with van der Waals surface area (Å²) in [6.07, 6.45) is 4.59. The number of carbonyl (C=O) groups excluding carboxylic acids is 1. The van der Waals surface area contributed by atoms with Crippen LogP contribution in [-0.2, 0) is 0 Å². The Labute approximate surface area is 106 Å². The zero-order valence-electron chi connectivity index (χ0n) is 8.76. The van der Waals surface area contributed by atoms with Crippen LogP contribution in [0.4, 0.5) is 0 Å². The number of hydrazone groups is 1. The molecule has 0 saturated heterocycles. The van der Waals surface area contributed by atoms with Crippen LogP contribution in [0.5, 0.6) is 0 Å². The second kappa shape index (κ2) is 5.45. The molecule has 0 aliphatic carbocycles. The molecule has 1 N–H and O–H groups in total. The summed E-state index contributed by atoms with van der Waals surface area (Å²) in [5.74, 6) is -0.253. The van der Waals surface area contributed by atoms with Gasteiger partial charge in [0.2, 0.25) is 0 Å². The minimum absolute atomic E-state index is 0.253. The van der Waals surface area contributed by atoms with Crippen molar-refractivity contribution in [2.75, 3.05) is 0 Å². The van der Waals surface area contributed by atoms with Crippen LogP contribution in [-0.4, -0.2) is 12.1 Å². The lowest BCUT2D eigenvalue weighted by molar-refractivity contribution is 0.0955. The summed E-state index contributed by atoms with van der Waals surface area (Å²) in [6, 6.07) is 8.78. The lowest BCUT2D eigenvalue weighted by atomic mass is 10.2. The number of nitrogens with one attached hydrogen (secondary N) is 1. The summed E-state index contributed by atoms with van der Waals surface area (Å²) in [4.78, 5) is 11.6. The van der Waals surface area contributed by atoms with Crippen molar-refractivity contribution < 1.29 is 9.21 Å². The number of hydrogen-bond acceptors (Lipinski definition) is 3. The van der Waals surface area contributed by atoms with Gasteiger partial charge in [-0.3, -0.25) is 4.79 Å². The molecule has 1 aromatic carbocycles. The number of rotatable bonds is 3. The highest BCUT2D eigenvalue weighted by Gasteiger charge is 2.02. The fraction of sp³-hybridized carbons (Fsp3) is 0. The molecule has 1 amide bonds. The first kappa shape index (κ1) is 11.6. The molecule has 0 radical (unpaired) electrons. The minimum Gasteiger partial charge on any atom is -0.472 e. The lowest BCUT2D eigenvalue weighted by Crippen LogP contribution is -2.17. The van der Waals surface area contributed by atoms with Gasteiger partial charge in [-0.15, -0.1) is 0 Å². The molecule has 2 rings (SSSR count). The highest BCUT2D eigenvalue weighted by Crippen LogP contribution is 2.10. The largest absolute Gasteiger partial charge is 0.472 e. The average Bonchev–Trinajstić information content (AvgIpc) is 2.83. The third kappa shape index (κ3) is 3.29. The Bertz CT molecular complexity index is 518. The van der Waals surface area contributed by atoms with Crippen molar-refractivity contribution in [2.24, 2.45) is 5.10 Å². The van der Waals surface area contributed by atoms with Gasteiger partial charge < -0.3 is 4.42 Å². The van der Waals surface area contributed by atoms with Crippen molar-refractivity contribution in [3.05, 3.63) is 58.5 Å². The molecule has 1 heterocycles. The Balaban J connectivity index is 1.96. The number of nitrogens with zero attached hydrogens (tertiary/aromatic N) is 1. The van der Waals surface area contributed by atoms with Gasteiger partial charge in [-0.25, -0.2) is 5.43 Å². The Hall–Kier alpha value is -1.88. The van der Waals surface area contributed by atoms with Gasteiger partial charge in [-0.1, -0.05) is 15.9 Å². The Morgan fingerprint density at radius 3 is 2.71 bits per heavy atom. The maximum Gasteiger partial charge on any atom is 0.271 e. The van der Waals surface area contributed by atoms with E-state index in [1.54, 1.807) is 30.3 Å². The van der Waals surface area contributed by atoms with Crippen LogP contribution in [0.1, 0.15) is 15.9 Å². The van der Waals surface area contributed by atoms with Gasteiger partial charge in [-0.2, -0.15) is 5.10 Å². The molecule has 0 aliphatic rings. The highest BCUT2D eigenvalue weighted by molar-refractivity contribution is 9.10. The van der Waals surface area contributed by atoms with Gasteiger partial charge in [-0.05, 0) is 30.3 Å². The molecule has 0 bridgehead atoms. The smallest absolute Gasteiger partial charge is 0.271 e. The summed E-state index contributed by atoms with van der Waals surface area (Å²) in [7, 11) is 0. The van der Waals surface area contributed by atoms with E-state index in [0.29, 0.717) is 5.56 Å². The monoisotopic (exact) mass is 292 g/mol. The molecule has 0 aliphatic heterocycles.